The molecule has 70 valence electrons. The number of nitrogens with two attached hydrogens (primary N) is 1. The number of nitrogens with zero attached hydrogens (tertiary/aromatic N) is 1. The van der Waals surface area contributed by atoms with Gasteiger partial charge in [-0.2, -0.15) is 0 Å². The summed E-state index contributed by atoms with van der Waals surface area (Å²) in [6.45, 7) is 3.70. The molecule has 14 heavy (non-hydrogen) atoms. The molecule has 2 radical (unpaired) electrons. The van der Waals surface area contributed by atoms with Crippen LogP contribution in [-0.4, -0.2) is 11.0 Å². The van der Waals surface area contributed by atoms with Crippen LogP contribution in [0.3, 0.4) is 0 Å². The van der Waals surface area contributed by atoms with Crippen LogP contribution < -0.4 is 5.73 Å². The molecule has 2 rings (SSSR count). The number of fused-ring (bicyclic) bond motifs is 1. The van der Waals surface area contributed by atoms with Gasteiger partial charge in [0.05, 0.1) is 5.52 Å². The van der Waals surface area contributed by atoms with Crippen molar-refractivity contribution in [1.82, 2.24) is 4.98 Å². The van der Waals surface area contributed by atoms with Gasteiger partial charge in [0, 0.05) is 23.5 Å². The Labute approximate surface area is 83.8 Å². The first kappa shape index (κ1) is 9.16. The minimum absolute atomic E-state index is 0.205. The predicted molar refractivity (Wildman–Crippen MR) is 58.5 cm³/mol. The van der Waals surface area contributed by atoms with E-state index < -0.39 is 0 Å². The van der Waals surface area contributed by atoms with E-state index in [4.69, 9.17) is 5.73 Å². The molecule has 1 atom stereocenters. The minimum Gasteiger partial charge on any atom is -0.327 e. The van der Waals surface area contributed by atoms with E-state index in [2.05, 4.69) is 11.9 Å². The van der Waals surface area contributed by atoms with Gasteiger partial charge in [0.1, 0.15) is 0 Å². The van der Waals surface area contributed by atoms with E-state index in [0.717, 1.165) is 16.6 Å². The smallest absolute Gasteiger partial charge is 0.0705 e. The van der Waals surface area contributed by atoms with Gasteiger partial charge < -0.3 is 5.73 Å². The zero-order valence-corrected chi connectivity index (χ0v) is 7.85. The molecule has 1 aromatic heterocycles. The molecule has 0 bridgehead atoms. The van der Waals surface area contributed by atoms with Crippen LogP contribution in [-0.2, 0) is 0 Å². The lowest BCUT2D eigenvalue weighted by atomic mass is 10.1. The van der Waals surface area contributed by atoms with Crippen LogP contribution in [0.1, 0.15) is 5.69 Å². The second-order valence-corrected chi connectivity index (χ2v) is 3.26. The Bertz CT molecular complexity index is 435. The fourth-order valence-electron chi connectivity index (χ4n) is 1.39. The van der Waals surface area contributed by atoms with Gasteiger partial charge >= 0.3 is 0 Å². The number of pyridine rings is 1. The highest BCUT2D eigenvalue weighted by atomic mass is 14.7. The molecule has 0 aliphatic carbocycles. The molecule has 0 saturated carbocycles. The highest BCUT2D eigenvalue weighted by Gasteiger charge is 2.00. The van der Waals surface area contributed by atoms with Crippen molar-refractivity contribution in [3.05, 3.63) is 55.4 Å². The molecule has 0 spiro atoms. The number of hydrogen-bond acceptors (Lipinski definition) is 2. The van der Waals surface area contributed by atoms with Gasteiger partial charge in [0.15, 0.2) is 0 Å². The molecule has 1 aromatic carbocycles. The first-order valence-electron chi connectivity index (χ1n) is 4.55. The third-order valence-corrected chi connectivity index (χ3v) is 2.00. The van der Waals surface area contributed by atoms with Crippen molar-refractivity contribution in [3.8, 4) is 0 Å². The predicted octanol–water partition coefficient (Wildman–Crippen LogP) is 1.95. The maximum Gasteiger partial charge on any atom is 0.0705 e. The second-order valence-electron chi connectivity index (χ2n) is 3.26. The topological polar surface area (TPSA) is 38.9 Å². The lowest BCUT2D eigenvalue weighted by molar-refractivity contribution is 0.942. The Balaban J connectivity index is 2.41. The van der Waals surface area contributed by atoms with Crippen LogP contribution in [0, 0.1) is 13.3 Å². The fraction of sp³-hybridized carbons (Fsp3) is 0.0833. The van der Waals surface area contributed by atoms with Crippen LogP contribution in [0.25, 0.3) is 10.9 Å². The maximum absolute atomic E-state index is 5.56. The summed E-state index contributed by atoms with van der Waals surface area (Å²) >= 11 is 0. The molecule has 0 fully saturated rings. The third-order valence-electron chi connectivity index (χ3n) is 2.00. The van der Waals surface area contributed by atoms with Crippen molar-refractivity contribution >= 4 is 10.9 Å². The lowest BCUT2D eigenvalue weighted by Gasteiger charge is -2.04. The van der Waals surface area contributed by atoms with Gasteiger partial charge in [0.2, 0.25) is 0 Å². The standard InChI is InChI=1S/C12H12N2/c1-9(13)8-11-7-6-10-4-2-3-5-12(10)14-11/h2-9H,1,13H2/t9-/m0/s1. The minimum atomic E-state index is -0.205. The van der Waals surface area contributed by atoms with E-state index in [0.29, 0.717) is 0 Å². The number of hydrogen-bond donors (Lipinski definition) is 1. The number of aromatic nitrogens is 1. The maximum atomic E-state index is 5.56. The molecule has 0 saturated heterocycles. The summed E-state index contributed by atoms with van der Waals surface area (Å²) in [7, 11) is 0. The first-order valence-corrected chi connectivity index (χ1v) is 4.55. The monoisotopic (exact) mass is 184 g/mol. The molecule has 2 heteroatoms. The van der Waals surface area contributed by atoms with Gasteiger partial charge in [-0.05, 0) is 19.1 Å². The summed E-state index contributed by atoms with van der Waals surface area (Å²) in [4.78, 5) is 4.44. The van der Waals surface area contributed by atoms with Crippen molar-refractivity contribution < 1.29 is 0 Å². The van der Waals surface area contributed by atoms with Crippen molar-refractivity contribution in [2.45, 2.75) is 6.04 Å². The summed E-state index contributed by atoms with van der Waals surface area (Å²) in [6.07, 6.45) is 1.84. The van der Waals surface area contributed by atoms with Crippen molar-refractivity contribution in [2.24, 2.45) is 5.73 Å². The number of benzene rings is 1. The number of para-hydroxylation sites is 1. The highest BCUT2D eigenvalue weighted by Crippen LogP contribution is 2.12. The zero-order valence-electron chi connectivity index (χ0n) is 7.85. The molecule has 0 unspecified atom stereocenters. The van der Waals surface area contributed by atoms with Crippen LogP contribution in [0.2, 0.25) is 0 Å². The molecule has 2 nitrogen and oxygen atoms in total. The molecular weight excluding hydrogens is 172 g/mol. The van der Waals surface area contributed by atoms with Gasteiger partial charge in [-0.15, -0.1) is 0 Å². The van der Waals surface area contributed by atoms with Crippen molar-refractivity contribution in [1.29, 1.82) is 0 Å². The largest absolute Gasteiger partial charge is 0.327 e. The van der Waals surface area contributed by atoms with E-state index in [1.807, 2.05) is 42.8 Å². The Morgan fingerprint density at radius 2 is 2.00 bits per heavy atom. The van der Waals surface area contributed by atoms with E-state index in [1.54, 1.807) is 0 Å². The highest BCUT2D eigenvalue weighted by molar-refractivity contribution is 5.78. The summed E-state index contributed by atoms with van der Waals surface area (Å²) < 4.78 is 0. The molecule has 1 heterocycles. The van der Waals surface area contributed by atoms with Crippen LogP contribution in [0.4, 0.5) is 0 Å². The van der Waals surface area contributed by atoms with E-state index in [-0.39, 0.29) is 6.04 Å². The summed E-state index contributed by atoms with van der Waals surface area (Å²) in [6, 6.07) is 11.8. The Morgan fingerprint density at radius 1 is 1.21 bits per heavy atom. The lowest BCUT2D eigenvalue weighted by Crippen LogP contribution is -2.16. The molecule has 2 aromatic rings. The molecule has 0 aliphatic heterocycles. The van der Waals surface area contributed by atoms with Gasteiger partial charge in [-0.3, -0.25) is 4.98 Å². The van der Waals surface area contributed by atoms with E-state index in [9.17, 15) is 0 Å². The van der Waals surface area contributed by atoms with Crippen LogP contribution in [0.15, 0.2) is 36.4 Å². The van der Waals surface area contributed by atoms with Gasteiger partial charge in [-0.25, -0.2) is 0 Å². The average molecular weight is 184 g/mol. The second kappa shape index (κ2) is 3.76. The van der Waals surface area contributed by atoms with E-state index in [1.165, 1.54) is 0 Å². The summed E-state index contributed by atoms with van der Waals surface area (Å²) in [5, 5.41) is 1.14. The Morgan fingerprint density at radius 3 is 2.79 bits per heavy atom. The summed E-state index contributed by atoms with van der Waals surface area (Å²) in [5.41, 5.74) is 7.43. The third kappa shape index (κ3) is 1.91. The van der Waals surface area contributed by atoms with Crippen molar-refractivity contribution in [3.63, 3.8) is 0 Å². The van der Waals surface area contributed by atoms with Crippen LogP contribution in [0.5, 0.6) is 0 Å². The quantitative estimate of drug-likeness (QED) is 0.774. The van der Waals surface area contributed by atoms with Gasteiger partial charge in [-0.1, -0.05) is 24.3 Å². The molecule has 2 N–H and O–H groups in total. The molecular formula is C12H12N2. The average Bonchev–Trinajstić information content (AvgIpc) is 2.17. The SMILES string of the molecule is [CH2][C@H](N)[CH]c1ccc2ccccc2n1. The normalized spacial score (nSPS) is 13.0. The van der Waals surface area contributed by atoms with E-state index >= 15 is 0 Å². The number of rotatable bonds is 2. The van der Waals surface area contributed by atoms with Crippen LogP contribution >= 0.6 is 0 Å². The Kier molecular flexibility index (Phi) is 2.46. The fourth-order valence-corrected chi connectivity index (χ4v) is 1.39. The Hall–Kier alpha value is -1.41. The molecule has 0 aliphatic rings. The zero-order chi connectivity index (χ0) is 9.97. The molecule has 0 amide bonds. The summed E-state index contributed by atoms with van der Waals surface area (Å²) in [5.74, 6) is 0. The van der Waals surface area contributed by atoms with Crippen molar-refractivity contribution in [2.75, 3.05) is 0 Å². The van der Waals surface area contributed by atoms with Gasteiger partial charge in [0.25, 0.3) is 0 Å². The first-order chi connectivity index (χ1) is 6.75.